The van der Waals surface area contributed by atoms with Crippen molar-refractivity contribution < 1.29 is 9.13 Å². The summed E-state index contributed by atoms with van der Waals surface area (Å²) in [5, 5.41) is 0. The van der Waals surface area contributed by atoms with E-state index in [0.717, 1.165) is 18.8 Å². The Kier molecular flexibility index (Phi) is 6.71. The third kappa shape index (κ3) is 5.67. The van der Waals surface area contributed by atoms with Crippen LogP contribution in [0.5, 0.6) is 0 Å². The van der Waals surface area contributed by atoms with E-state index in [1.165, 1.54) is 33.4 Å². The third-order valence-corrected chi connectivity index (χ3v) is 6.26. The molecule has 172 valence electrons. The molecule has 0 radical (unpaired) electrons. The molecule has 0 fully saturated rings. The zero-order valence-electron chi connectivity index (χ0n) is 20.3. The van der Waals surface area contributed by atoms with E-state index in [4.69, 9.17) is 0 Å². The van der Waals surface area contributed by atoms with E-state index in [2.05, 4.69) is 118 Å². The Labute approximate surface area is 207 Å². The van der Waals surface area contributed by atoms with Gasteiger partial charge in [-0.2, -0.15) is 0 Å². The van der Waals surface area contributed by atoms with E-state index in [1.54, 1.807) is 0 Å². The van der Waals surface area contributed by atoms with Crippen molar-refractivity contribution in [1.82, 2.24) is 9.97 Å². The van der Waals surface area contributed by atoms with E-state index < -0.39 is 0 Å². The molecule has 0 N–H and O–H groups in total. The molecule has 0 aliphatic carbocycles. The lowest BCUT2D eigenvalue weighted by Gasteiger charge is -2.07. The monoisotopic (exact) mass is 458 g/mol. The Balaban J connectivity index is 1.21. The molecular formula is C31H30N4+2. The largest absolute Gasteiger partial charge is 0.265 e. The number of benzene rings is 1. The summed E-state index contributed by atoms with van der Waals surface area (Å²) in [6, 6.07) is 25.9. The van der Waals surface area contributed by atoms with Crippen LogP contribution in [0.15, 0.2) is 116 Å². The van der Waals surface area contributed by atoms with Crippen LogP contribution in [0, 0.1) is 0 Å². The Morgan fingerprint density at radius 3 is 1.54 bits per heavy atom. The highest BCUT2D eigenvalue weighted by Crippen LogP contribution is 2.21. The fourth-order valence-corrected chi connectivity index (χ4v) is 4.17. The second-order valence-corrected chi connectivity index (χ2v) is 9.19. The number of rotatable bonds is 7. The maximum atomic E-state index is 4.48. The van der Waals surface area contributed by atoms with Crippen LogP contribution in [0.25, 0.3) is 22.3 Å². The van der Waals surface area contributed by atoms with Gasteiger partial charge in [-0.3, -0.25) is 9.97 Å². The number of hydrogen-bond acceptors (Lipinski definition) is 2. The van der Waals surface area contributed by atoms with Gasteiger partial charge in [0.05, 0.1) is 0 Å². The summed E-state index contributed by atoms with van der Waals surface area (Å²) < 4.78 is 4.42. The van der Waals surface area contributed by atoms with Gasteiger partial charge in [-0.1, -0.05) is 38.1 Å². The molecule has 0 aliphatic rings. The molecule has 35 heavy (non-hydrogen) atoms. The predicted molar refractivity (Wildman–Crippen MR) is 138 cm³/mol. The topological polar surface area (TPSA) is 33.5 Å². The van der Waals surface area contributed by atoms with Crippen LogP contribution < -0.4 is 9.13 Å². The third-order valence-electron chi connectivity index (χ3n) is 6.26. The summed E-state index contributed by atoms with van der Waals surface area (Å²) in [7, 11) is 0. The van der Waals surface area contributed by atoms with Crippen LogP contribution in [-0.2, 0) is 13.1 Å². The second-order valence-electron chi connectivity index (χ2n) is 9.19. The molecule has 5 aromatic rings. The molecule has 4 heterocycles. The SMILES string of the molecule is CC(C)c1cc(-c2cc[n+](Cc3ccc(C[n+]4ccc(-c5ccncc5)cc4)cc3)cc2)ccn1. The molecule has 0 aliphatic heterocycles. The quantitative estimate of drug-likeness (QED) is 0.297. The molecule has 5 rings (SSSR count). The molecule has 0 atom stereocenters. The molecule has 0 saturated heterocycles. The summed E-state index contributed by atoms with van der Waals surface area (Å²) in [5.74, 6) is 0.427. The van der Waals surface area contributed by atoms with Crippen LogP contribution in [-0.4, -0.2) is 9.97 Å². The second kappa shape index (κ2) is 10.4. The molecule has 0 amide bonds. The van der Waals surface area contributed by atoms with E-state index in [1.807, 2.05) is 30.7 Å². The van der Waals surface area contributed by atoms with Gasteiger partial charge in [-0.05, 0) is 52.4 Å². The molecule has 0 spiro atoms. The Hall–Kier alpha value is -4.18. The van der Waals surface area contributed by atoms with Crippen molar-refractivity contribution in [2.24, 2.45) is 0 Å². The summed E-state index contributed by atoms with van der Waals surface area (Å²) in [6.07, 6.45) is 14.1. The first-order valence-electron chi connectivity index (χ1n) is 12.1. The first-order chi connectivity index (χ1) is 17.1. The number of nitrogens with zero attached hydrogens (tertiary/aromatic N) is 4. The summed E-state index contributed by atoms with van der Waals surface area (Å²) >= 11 is 0. The number of pyridine rings is 4. The van der Waals surface area contributed by atoms with Crippen molar-refractivity contribution in [3.63, 3.8) is 0 Å². The highest BCUT2D eigenvalue weighted by Gasteiger charge is 2.09. The smallest absolute Gasteiger partial charge is 0.173 e. The minimum absolute atomic E-state index is 0.427. The van der Waals surface area contributed by atoms with Crippen LogP contribution in [0.1, 0.15) is 36.6 Å². The maximum Gasteiger partial charge on any atom is 0.173 e. The first kappa shape index (κ1) is 22.6. The van der Waals surface area contributed by atoms with Crippen LogP contribution in [0.4, 0.5) is 0 Å². The van der Waals surface area contributed by atoms with Gasteiger partial charge in [0.25, 0.3) is 0 Å². The standard InChI is InChI=1S/C31H30N4/c1-24(2)31-21-30(9-16-33-31)29-12-19-35(20-13-29)23-26-5-3-25(4-6-26)22-34-17-10-28(11-18-34)27-7-14-32-15-8-27/h3-21,24H,22-23H2,1-2H3/q+2. The van der Waals surface area contributed by atoms with E-state index in [0.29, 0.717) is 5.92 Å². The van der Waals surface area contributed by atoms with Gasteiger partial charge in [-0.15, -0.1) is 0 Å². The maximum absolute atomic E-state index is 4.48. The van der Waals surface area contributed by atoms with E-state index in [-0.39, 0.29) is 0 Å². The molecule has 0 saturated carbocycles. The van der Waals surface area contributed by atoms with Gasteiger partial charge in [0, 0.05) is 59.7 Å². The molecule has 4 heteroatoms. The van der Waals surface area contributed by atoms with Crippen molar-refractivity contribution in [1.29, 1.82) is 0 Å². The van der Waals surface area contributed by atoms with Crippen molar-refractivity contribution in [2.75, 3.05) is 0 Å². The molecule has 4 aromatic heterocycles. The molecule has 0 bridgehead atoms. The van der Waals surface area contributed by atoms with E-state index in [9.17, 15) is 0 Å². The lowest BCUT2D eigenvalue weighted by Crippen LogP contribution is -2.33. The predicted octanol–water partition coefficient (Wildman–Crippen LogP) is 5.61. The summed E-state index contributed by atoms with van der Waals surface area (Å²) in [4.78, 5) is 8.57. The van der Waals surface area contributed by atoms with Crippen LogP contribution in [0.2, 0.25) is 0 Å². The zero-order valence-corrected chi connectivity index (χ0v) is 20.3. The Morgan fingerprint density at radius 2 is 1.03 bits per heavy atom. The zero-order chi connectivity index (χ0) is 24.0. The summed E-state index contributed by atoms with van der Waals surface area (Å²) in [6.45, 7) is 6.05. The Bertz CT molecular complexity index is 1380. The number of hydrogen-bond donors (Lipinski definition) is 0. The number of aromatic nitrogens is 4. The lowest BCUT2D eigenvalue weighted by atomic mass is 10.0. The lowest BCUT2D eigenvalue weighted by molar-refractivity contribution is -0.688. The van der Waals surface area contributed by atoms with Crippen molar-refractivity contribution >= 4 is 0 Å². The average Bonchev–Trinajstić information content (AvgIpc) is 2.91. The van der Waals surface area contributed by atoms with Gasteiger partial charge >= 0.3 is 0 Å². The van der Waals surface area contributed by atoms with Crippen LogP contribution >= 0.6 is 0 Å². The molecular weight excluding hydrogens is 428 g/mol. The van der Waals surface area contributed by atoms with Crippen molar-refractivity contribution in [3.8, 4) is 22.3 Å². The highest BCUT2D eigenvalue weighted by atomic mass is 14.9. The van der Waals surface area contributed by atoms with E-state index >= 15 is 0 Å². The summed E-state index contributed by atoms with van der Waals surface area (Å²) in [5.41, 5.74) is 8.51. The van der Waals surface area contributed by atoms with Gasteiger partial charge in [0.2, 0.25) is 0 Å². The van der Waals surface area contributed by atoms with Gasteiger partial charge in [0.1, 0.15) is 0 Å². The van der Waals surface area contributed by atoms with Crippen LogP contribution in [0.3, 0.4) is 0 Å². The fourth-order valence-electron chi connectivity index (χ4n) is 4.17. The Morgan fingerprint density at radius 1 is 0.571 bits per heavy atom. The average molecular weight is 459 g/mol. The molecule has 0 unspecified atom stereocenters. The molecule has 4 nitrogen and oxygen atoms in total. The van der Waals surface area contributed by atoms with Crippen molar-refractivity contribution in [2.45, 2.75) is 32.9 Å². The fraction of sp³-hybridized carbons (Fsp3) is 0.161. The minimum Gasteiger partial charge on any atom is -0.265 e. The first-order valence-corrected chi connectivity index (χ1v) is 12.1. The van der Waals surface area contributed by atoms with Crippen molar-refractivity contribution in [3.05, 3.63) is 133 Å². The van der Waals surface area contributed by atoms with Gasteiger partial charge < -0.3 is 0 Å². The molecule has 1 aromatic carbocycles. The normalized spacial score (nSPS) is 11.1. The highest BCUT2D eigenvalue weighted by molar-refractivity contribution is 5.62. The van der Waals surface area contributed by atoms with Gasteiger partial charge in [0.15, 0.2) is 37.9 Å². The minimum atomic E-state index is 0.427. The van der Waals surface area contributed by atoms with Gasteiger partial charge in [-0.25, -0.2) is 9.13 Å².